The van der Waals surface area contributed by atoms with E-state index in [1.807, 2.05) is 0 Å². The molecule has 2 N–H and O–H groups in total. The van der Waals surface area contributed by atoms with Crippen LogP contribution in [0.2, 0.25) is 0 Å². The van der Waals surface area contributed by atoms with Crippen LogP contribution in [0.25, 0.3) is 0 Å². The van der Waals surface area contributed by atoms with Gasteiger partial charge in [-0.05, 0) is 25.1 Å². The van der Waals surface area contributed by atoms with Crippen LogP contribution in [-0.2, 0) is 4.79 Å². The molecule has 0 spiro atoms. The van der Waals surface area contributed by atoms with E-state index < -0.39 is 22.8 Å². The van der Waals surface area contributed by atoms with E-state index >= 15 is 0 Å². The van der Waals surface area contributed by atoms with Gasteiger partial charge in [-0.3, -0.25) is 4.79 Å². The predicted octanol–water partition coefficient (Wildman–Crippen LogP) is 1.93. The predicted molar refractivity (Wildman–Crippen MR) is 50.9 cm³/mol. The fraction of sp³-hybridized carbons (Fsp3) is 0.222. The summed E-state index contributed by atoms with van der Waals surface area (Å²) in [6.07, 6.45) is 0. The lowest BCUT2D eigenvalue weighted by Crippen LogP contribution is -2.22. The molecule has 1 amide bonds. The summed E-state index contributed by atoms with van der Waals surface area (Å²) >= 11 is 0.903. The van der Waals surface area contributed by atoms with E-state index in [0.717, 1.165) is 30.0 Å². The van der Waals surface area contributed by atoms with Crippen LogP contribution < -0.4 is 5.73 Å². The lowest BCUT2D eigenvalue weighted by atomic mass is 10.3. The zero-order chi connectivity index (χ0) is 10.7. The maximum absolute atomic E-state index is 13.1. The molecule has 0 saturated heterocycles. The third-order valence-corrected chi connectivity index (χ3v) is 2.75. The molecule has 76 valence electrons. The molecule has 0 aliphatic carbocycles. The SMILES string of the molecule is C[C@H](Sc1cc(F)ccc1F)C(N)=O. The molecule has 0 heterocycles. The van der Waals surface area contributed by atoms with Crippen molar-refractivity contribution >= 4 is 17.7 Å². The Hall–Kier alpha value is -1.10. The van der Waals surface area contributed by atoms with E-state index in [1.165, 1.54) is 6.92 Å². The first-order valence-corrected chi connectivity index (χ1v) is 4.79. The lowest BCUT2D eigenvalue weighted by molar-refractivity contribution is -0.117. The highest BCUT2D eigenvalue weighted by atomic mass is 32.2. The van der Waals surface area contributed by atoms with Crippen molar-refractivity contribution in [1.29, 1.82) is 0 Å². The highest BCUT2D eigenvalue weighted by Gasteiger charge is 2.13. The molecule has 0 radical (unpaired) electrons. The van der Waals surface area contributed by atoms with Crippen LogP contribution in [0.5, 0.6) is 0 Å². The number of primary amides is 1. The van der Waals surface area contributed by atoms with Crippen molar-refractivity contribution in [3.8, 4) is 0 Å². The van der Waals surface area contributed by atoms with Crippen molar-refractivity contribution in [2.75, 3.05) is 0 Å². The van der Waals surface area contributed by atoms with Crippen molar-refractivity contribution in [2.45, 2.75) is 17.1 Å². The third kappa shape index (κ3) is 2.70. The standard InChI is InChI=1S/C9H9F2NOS/c1-5(9(12)13)14-8-4-6(10)2-3-7(8)11/h2-5H,1H3,(H2,12,13)/t5-/m0/s1. The molecule has 0 aliphatic heterocycles. The zero-order valence-electron chi connectivity index (χ0n) is 7.46. The molecule has 14 heavy (non-hydrogen) atoms. The molecule has 0 fully saturated rings. The minimum absolute atomic E-state index is 0.0938. The number of halogens is 2. The zero-order valence-corrected chi connectivity index (χ0v) is 8.28. The first-order valence-electron chi connectivity index (χ1n) is 3.91. The summed E-state index contributed by atoms with van der Waals surface area (Å²) in [5.74, 6) is -1.64. The van der Waals surface area contributed by atoms with Gasteiger partial charge in [0.2, 0.25) is 5.91 Å². The number of amides is 1. The summed E-state index contributed by atoms with van der Waals surface area (Å²) in [6, 6.07) is 3.08. The van der Waals surface area contributed by atoms with Gasteiger partial charge in [-0.1, -0.05) is 0 Å². The number of thioether (sulfide) groups is 1. The Kier molecular flexibility index (Phi) is 3.46. The Balaban J connectivity index is 2.85. The number of nitrogens with two attached hydrogens (primary N) is 1. The molecule has 0 unspecified atom stereocenters. The molecule has 1 aromatic carbocycles. The second-order valence-electron chi connectivity index (χ2n) is 2.74. The van der Waals surface area contributed by atoms with Gasteiger partial charge >= 0.3 is 0 Å². The largest absolute Gasteiger partial charge is 0.369 e. The Labute approximate surface area is 84.5 Å². The maximum Gasteiger partial charge on any atom is 0.230 e. The fourth-order valence-corrected chi connectivity index (χ4v) is 1.67. The van der Waals surface area contributed by atoms with Crippen LogP contribution in [0.3, 0.4) is 0 Å². The van der Waals surface area contributed by atoms with Gasteiger partial charge in [0.25, 0.3) is 0 Å². The quantitative estimate of drug-likeness (QED) is 0.786. The molecule has 0 aliphatic rings. The van der Waals surface area contributed by atoms with Crippen molar-refractivity contribution in [3.05, 3.63) is 29.8 Å². The number of carbonyl (C=O) groups excluding carboxylic acids is 1. The Morgan fingerprint density at radius 1 is 1.50 bits per heavy atom. The lowest BCUT2D eigenvalue weighted by Gasteiger charge is -2.07. The number of hydrogen-bond acceptors (Lipinski definition) is 2. The number of hydrogen-bond donors (Lipinski definition) is 1. The van der Waals surface area contributed by atoms with E-state index in [9.17, 15) is 13.6 Å². The van der Waals surface area contributed by atoms with Gasteiger partial charge in [0, 0.05) is 4.90 Å². The van der Waals surface area contributed by atoms with Crippen LogP contribution in [0.4, 0.5) is 8.78 Å². The van der Waals surface area contributed by atoms with Crippen LogP contribution >= 0.6 is 11.8 Å². The molecule has 1 aromatic rings. The minimum atomic E-state index is -0.578. The van der Waals surface area contributed by atoms with Gasteiger partial charge in [0.15, 0.2) is 0 Å². The third-order valence-electron chi connectivity index (χ3n) is 1.60. The monoisotopic (exact) mass is 217 g/mol. The molecule has 1 atom stereocenters. The van der Waals surface area contributed by atoms with E-state index in [2.05, 4.69) is 0 Å². The van der Waals surface area contributed by atoms with Crippen molar-refractivity contribution in [3.63, 3.8) is 0 Å². The highest BCUT2D eigenvalue weighted by Crippen LogP contribution is 2.26. The summed E-state index contributed by atoms with van der Waals surface area (Å²) in [5, 5.41) is -0.578. The molecular weight excluding hydrogens is 208 g/mol. The molecular formula is C9H9F2NOS. The highest BCUT2D eigenvalue weighted by molar-refractivity contribution is 8.00. The molecule has 2 nitrogen and oxygen atoms in total. The molecule has 5 heteroatoms. The van der Waals surface area contributed by atoms with E-state index in [0.29, 0.717) is 0 Å². The smallest absolute Gasteiger partial charge is 0.230 e. The normalized spacial score (nSPS) is 12.5. The topological polar surface area (TPSA) is 43.1 Å². The molecule has 0 aromatic heterocycles. The van der Waals surface area contributed by atoms with Gasteiger partial charge in [-0.25, -0.2) is 8.78 Å². The Bertz CT molecular complexity index is 357. The summed E-state index contributed by atoms with van der Waals surface area (Å²) in [7, 11) is 0. The minimum Gasteiger partial charge on any atom is -0.369 e. The van der Waals surface area contributed by atoms with E-state index in [-0.39, 0.29) is 4.90 Å². The van der Waals surface area contributed by atoms with Crippen molar-refractivity contribution in [2.24, 2.45) is 5.73 Å². The molecule has 0 bridgehead atoms. The van der Waals surface area contributed by atoms with Gasteiger partial charge in [-0.2, -0.15) is 0 Å². The number of rotatable bonds is 3. The first kappa shape index (κ1) is 11.0. The first-order chi connectivity index (χ1) is 6.50. The molecule has 0 saturated carbocycles. The summed E-state index contributed by atoms with van der Waals surface area (Å²) < 4.78 is 25.8. The Morgan fingerprint density at radius 3 is 2.71 bits per heavy atom. The Morgan fingerprint density at radius 2 is 2.14 bits per heavy atom. The number of benzene rings is 1. The van der Waals surface area contributed by atoms with Crippen LogP contribution in [0.15, 0.2) is 23.1 Å². The second-order valence-corrected chi connectivity index (χ2v) is 4.12. The summed E-state index contributed by atoms with van der Waals surface area (Å²) in [5.41, 5.74) is 5.00. The van der Waals surface area contributed by atoms with Crippen LogP contribution in [0, 0.1) is 11.6 Å². The van der Waals surface area contributed by atoms with E-state index in [4.69, 9.17) is 5.73 Å². The van der Waals surface area contributed by atoms with Gasteiger partial charge in [-0.15, -0.1) is 11.8 Å². The van der Waals surface area contributed by atoms with Gasteiger partial charge in [0.1, 0.15) is 11.6 Å². The summed E-state index contributed by atoms with van der Waals surface area (Å²) in [6.45, 7) is 1.54. The van der Waals surface area contributed by atoms with Crippen LogP contribution in [-0.4, -0.2) is 11.2 Å². The summed E-state index contributed by atoms with van der Waals surface area (Å²) in [4.78, 5) is 10.8. The molecule has 1 rings (SSSR count). The maximum atomic E-state index is 13.1. The average molecular weight is 217 g/mol. The number of carbonyl (C=O) groups is 1. The fourth-order valence-electron chi connectivity index (χ4n) is 0.816. The van der Waals surface area contributed by atoms with Crippen molar-refractivity contribution in [1.82, 2.24) is 0 Å². The second kappa shape index (κ2) is 4.41. The van der Waals surface area contributed by atoms with Crippen molar-refractivity contribution < 1.29 is 13.6 Å². The van der Waals surface area contributed by atoms with Gasteiger partial charge in [0.05, 0.1) is 5.25 Å². The van der Waals surface area contributed by atoms with E-state index in [1.54, 1.807) is 0 Å². The van der Waals surface area contributed by atoms with Crippen LogP contribution in [0.1, 0.15) is 6.92 Å². The van der Waals surface area contributed by atoms with Gasteiger partial charge < -0.3 is 5.73 Å². The average Bonchev–Trinajstić information content (AvgIpc) is 2.11.